The van der Waals surface area contributed by atoms with E-state index in [1.54, 1.807) is 35.2 Å². The van der Waals surface area contributed by atoms with Crippen molar-refractivity contribution in [1.29, 1.82) is 0 Å². The number of carbonyl (C=O) groups is 1. The largest absolute Gasteiger partial charge is 0.490 e. The minimum absolute atomic E-state index is 0.0450. The molecule has 1 aliphatic rings. The Hall–Kier alpha value is -3.84. The Morgan fingerprint density at radius 3 is 2.57 bits per heavy atom. The third kappa shape index (κ3) is 4.02. The second kappa shape index (κ2) is 9.43. The molecule has 2 heterocycles. The lowest BCUT2D eigenvalue weighted by Crippen LogP contribution is -2.29. The van der Waals surface area contributed by atoms with Gasteiger partial charge in [0.15, 0.2) is 16.9 Å². The zero-order chi connectivity index (χ0) is 24.5. The van der Waals surface area contributed by atoms with Crippen molar-refractivity contribution in [1.82, 2.24) is 0 Å². The summed E-state index contributed by atoms with van der Waals surface area (Å²) in [6.07, 6.45) is 1.65. The molecule has 1 atom stereocenters. The Kier molecular flexibility index (Phi) is 6.17. The molecule has 0 saturated carbocycles. The summed E-state index contributed by atoms with van der Waals surface area (Å²) in [5, 5.41) is 0.404. The van der Waals surface area contributed by atoms with E-state index in [4.69, 9.17) is 13.9 Å². The molecule has 1 aliphatic heterocycles. The van der Waals surface area contributed by atoms with Crippen molar-refractivity contribution in [3.8, 4) is 11.5 Å². The van der Waals surface area contributed by atoms with E-state index in [1.165, 1.54) is 0 Å². The van der Waals surface area contributed by atoms with Crippen LogP contribution in [0, 0.1) is 0 Å². The SMILES string of the molecule is C=CCOc1ccc(C2c3c(oc4ccc(Br)cc4c3=O)C(=O)N2c2ccccc2)cc1OCC. The second-order valence-electron chi connectivity index (χ2n) is 7.97. The number of para-hydroxylation sites is 1. The summed E-state index contributed by atoms with van der Waals surface area (Å²) < 4.78 is 18.4. The van der Waals surface area contributed by atoms with Crippen LogP contribution in [0.15, 0.2) is 93.1 Å². The van der Waals surface area contributed by atoms with Crippen molar-refractivity contribution >= 4 is 38.5 Å². The van der Waals surface area contributed by atoms with E-state index in [9.17, 15) is 9.59 Å². The summed E-state index contributed by atoms with van der Waals surface area (Å²) in [5.74, 6) is 0.751. The highest BCUT2D eigenvalue weighted by molar-refractivity contribution is 9.10. The minimum atomic E-state index is -0.702. The molecule has 0 saturated heterocycles. The maximum Gasteiger partial charge on any atom is 0.295 e. The van der Waals surface area contributed by atoms with Gasteiger partial charge in [0.25, 0.3) is 5.91 Å². The van der Waals surface area contributed by atoms with Gasteiger partial charge in [-0.15, -0.1) is 0 Å². The Labute approximate surface area is 210 Å². The Balaban J connectivity index is 1.75. The molecule has 3 aromatic carbocycles. The van der Waals surface area contributed by atoms with E-state index in [0.29, 0.717) is 52.5 Å². The maximum absolute atomic E-state index is 13.8. The van der Waals surface area contributed by atoms with Gasteiger partial charge in [-0.05, 0) is 55.0 Å². The van der Waals surface area contributed by atoms with Crippen LogP contribution in [0.1, 0.15) is 34.6 Å². The molecule has 0 spiro atoms. The molecule has 0 aliphatic carbocycles. The lowest BCUT2D eigenvalue weighted by Gasteiger charge is -2.26. The van der Waals surface area contributed by atoms with Gasteiger partial charge in [-0.1, -0.05) is 52.9 Å². The fourth-order valence-corrected chi connectivity index (χ4v) is 4.71. The fourth-order valence-electron chi connectivity index (χ4n) is 4.35. The molecule has 6 nitrogen and oxygen atoms in total. The predicted octanol–water partition coefficient (Wildman–Crippen LogP) is 6.27. The number of anilines is 1. The smallest absolute Gasteiger partial charge is 0.295 e. The zero-order valence-electron chi connectivity index (χ0n) is 19.0. The van der Waals surface area contributed by atoms with Gasteiger partial charge in [0.1, 0.15) is 12.2 Å². The van der Waals surface area contributed by atoms with Gasteiger partial charge in [-0.2, -0.15) is 0 Å². The summed E-state index contributed by atoms with van der Waals surface area (Å²) in [7, 11) is 0. The zero-order valence-corrected chi connectivity index (χ0v) is 20.6. The number of ether oxygens (including phenoxy) is 2. The molecule has 0 radical (unpaired) electrons. The van der Waals surface area contributed by atoms with Crippen LogP contribution >= 0.6 is 15.9 Å². The summed E-state index contributed by atoms with van der Waals surface area (Å²) >= 11 is 3.43. The molecular formula is C28H22BrNO5. The predicted molar refractivity (Wildman–Crippen MR) is 139 cm³/mol. The number of nitrogens with zero attached hydrogens (tertiary/aromatic N) is 1. The second-order valence-corrected chi connectivity index (χ2v) is 8.88. The van der Waals surface area contributed by atoms with Gasteiger partial charge in [-0.25, -0.2) is 0 Å². The number of benzene rings is 3. The van der Waals surface area contributed by atoms with E-state index in [2.05, 4.69) is 22.5 Å². The van der Waals surface area contributed by atoms with E-state index < -0.39 is 6.04 Å². The number of rotatable bonds is 7. The fraction of sp³-hybridized carbons (Fsp3) is 0.143. The van der Waals surface area contributed by atoms with Crippen molar-refractivity contribution in [2.24, 2.45) is 0 Å². The lowest BCUT2D eigenvalue weighted by molar-refractivity contribution is 0.0971. The lowest BCUT2D eigenvalue weighted by atomic mass is 9.97. The van der Waals surface area contributed by atoms with Crippen LogP contribution in [0.3, 0.4) is 0 Å². The molecule has 4 aromatic rings. The van der Waals surface area contributed by atoms with Crippen molar-refractivity contribution in [3.63, 3.8) is 0 Å². The van der Waals surface area contributed by atoms with Crippen molar-refractivity contribution < 1.29 is 18.7 Å². The molecule has 0 N–H and O–H groups in total. The first kappa shape index (κ1) is 22.9. The van der Waals surface area contributed by atoms with Crippen molar-refractivity contribution in [2.75, 3.05) is 18.1 Å². The molecule has 176 valence electrons. The molecule has 1 aromatic heterocycles. The first-order valence-corrected chi connectivity index (χ1v) is 12.0. The van der Waals surface area contributed by atoms with Crippen LogP contribution in [0.2, 0.25) is 0 Å². The van der Waals surface area contributed by atoms with E-state index in [1.807, 2.05) is 49.4 Å². The Morgan fingerprint density at radius 2 is 1.83 bits per heavy atom. The molecule has 0 bridgehead atoms. The van der Waals surface area contributed by atoms with Crippen molar-refractivity contribution in [3.05, 3.63) is 111 Å². The highest BCUT2D eigenvalue weighted by atomic mass is 79.9. The molecule has 7 heteroatoms. The van der Waals surface area contributed by atoms with E-state index in [-0.39, 0.29) is 17.1 Å². The number of hydrogen-bond acceptors (Lipinski definition) is 5. The topological polar surface area (TPSA) is 69.0 Å². The highest BCUT2D eigenvalue weighted by Crippen LogP contribution is 2.43. The number of amides is 1. The first-order chi connectivity index (χ1) is 17.0. The quantitative estimate of drug-likeness (QED) is 0.263. The molecule has 0 fully saturated rings. The van der Waals surface area contributed by atoms with Gasteiger partial charge >= 0.3 is 0 Å². The van der Waals surface area contributed by atoms with Crippen LogP contribution in [0.25, 0.3) is 11.0 Å². The Morgan fingerprint density at radius 1 is 1.03 bits per heavy atom. The summed E-state index contributed by atoms with van der Waals surface area (Å²) in [5.41, 5.74) is 1.78. The normalized spacial score (nSPS) is 14.7. The number of fused-ring (bicyclic) bond motifs is 2. The van der Waals surface area contributed by atoms with Crippen molar-refractivity contribution in [2.45, 2.75) is 13.0 Å². The number of halogens is 1. The van der Waals surface area contributed by atoms with Gasteiger partial charge < -0.3 is 13.9 Å². The van der Waals surface area contributed by atoms with Gasteiger partial charge in [0, 0.05) is 10.2 Å². The summed E-state index contributed by atoms with van der Waals surface area (Å²) in [4.78, 5) is 29.0. The first-order valence-electron chi connectivity index (χ1n) is 11.2. The third-order valence-electron chi connectivity index (χ3n) is 5.81. The standard InChI is InChI=1S/C28H22BrNO5/c1-3-14-34-22-12-10-17(15-23(22)33-4-2)25-24-26(31)20-16-18(29)11-13-21(20)35-27(24)28(32)30(25)19-8-6-5-7-9-19/h3,5-13,15-16,25H,1,4,14H2,2H3. The van der Waals surface area contributed by atoms with Crippen LogP contribution in [-0.2, 0) is 0 Å². The number of hydrogen-bond donors (Lipinski definition) is 0. The van der Waals surface area contributed by atoms with Crippen LogP contribution in [-0.4, -0.2) is 19.1 Å². The molecular weight excluding hydrogens is 510 g/mol. The van der Waals surface area contributed by atoms with Crippen LogP contribution in [0.5, 0.6) is 11.5 Å². The van der Waals surface area contributed by atoms with Gasteiger partial charge in [0.2, 0.25) is 5.76 Å². The summed E-state index contributed by atoms with van der Waals surface area (Å²) in [6.45, 7) is 6.33. The number of carbonyl (C=O) groups excluding carboxylic acids is 1. The van der Waals surface area contributed by atoms with Gasteiger partial charge in [-0.3, -0.25) is 14.5 Å². The van der Waals surface area contributed by atoms with Crippen LogP contribution in [0.4, 0.5) is 5.69 Å². The molecule has 1 unspecified atom stereocenters. The maximum atomic E-state index is 13.8. The molecule has 1 amide bonds. The van der Waals surface area contributed by atoms with Gasteiger partial charge in [0.05, 0.1) is 23.6 Å². The third-order valence-corrected chi connectivity index (χ3v) is 6.30. The summed E-state index contributed by atoms with van der Waals surface area (Å²) in [6, 6.07) is 19.2. The molecule has 35 heavy (non-hydrogen) atoms. The van der Waals surface area contributed by atoms with E-state index in [0.717, 1.165) is 4.47 Å². The average molecular weight is 532 g/mol. The minimum Gasteiger partial charge on any atom is -0.490 e. The average Bonchev–Trinajstić information content (AvgIpc) is 3.17. The highest BCUT2D eigenvalue weighted by Gasteiger charge is 2.43. The van der Waals surface area contributed by atoms with Crippen LogP contribution < -0.4 is 19.8 Å². The van der Waals surface area contributed by atoms with E-state index >= 15 is 0 Å². The Bertz CT molecular complexity index is 1490. The monoisotopic (exact) mass is 531 g/mol. The molecule has 5 rings (SSSR count).